The van der Waals surface area contributed by atoms with Gasteiger partial charge in [0.05, 0.1) is 10.8 Å². The predicted molar refractivity (Wildman–Crippen MR) is 230 cm³/mol. The summed E-state index contributed by atoms with van der Waals surface area (Å²) in [5, 5.41) is 6.41. The second kappa shape index (κ2) is 19.2. The Bertz CT molecular complexity index is 2050. The first-order chi connectivity index (χ1) is 27.9. The number of hydrogen-bond acceptors (Lipinski definition) is 7. The number of esters is 1. The summed E-state index contributed by atoms with van der Waals surface area (Å²) in [6.45, 7) is 7.43. The third-order valence-electron chi connectivity index (χ3n) is 10.1. The number of thioether (sulfide) groups is 1. The maximum Gasteiger partial charge on any atom is 0.349 e. The van der Waals surface area contributed by atoms with Crippen LogP contribution in [0.3, 0.4) is 0 Å². The number of amides is 1. The molecular formula is C48H50ClFN2O5S. The quantitative estimate of drug-likeness (QED) is 0.0583. The zero-order valence-electron chi connectivity index (χ0n) is 33.3. The molecule has 1 fully saturated rings. The third kappa shape index (κ3) is 10.6. The Morgan fingerprint density at radius 1 is 0.828 bits per heavy atom. The minimum Gasteiger partial charge on any atom is -0.477 e. The van der Waals surface area contributed by atoms with Gasteiger partial charge in [0, 0.05) is 23.2 Å². The highest BCUT2D eigenvalue weighted by atomic mass is 35.5. The van der Waals surface area contributed by atoms with Gasteiger partial charge < -0.3 is 20.1 Å². The van der Waals surface area contributed by atoms with Crippen molar-refractivity contribution in [1.29, 1.82) is 0 Å². The Labute approximate surface area is 350 Å². The fraction of sp³-hybridized carbons (Fsp3) is 0.312. The van der Waals surface area contributed by atoms with Crippen molar-refractivity contribution in [3.8, 4) is 5.75 Å². The number of benzene rings is 5. The molecule has 10 heteroatoms. The molecule has 3 unspecified atom stereocenters. The molecule has 0 bridgehead atoms. The van der Waals surface area contributed by atoms with Crippen molar-refractivity contribution in [2.24, 2.45) is 0 Å². The van der Waals surface area contributed by atoms with E-state index in [4.69, 9.17) is 21.1 Å². The summed E-state index contributed by atoms with van der Waals surface area (Å²) in [7, 11) is 0. The average molecular weight is 821 g/mol. The van der Waals surface area contributed by atoms with E-state index in [-0.39, 0.29) is 28.3 Å². The summed E-state index contributed by atoms with van der Waals surface area (Å²) < 4.78 is 25.6. The highest BCUT2D eigenvalue weighted by Crippen LogP contribution is 2.51. The summed E-state index contributed by atoms with van der Waals surface area (Å²) in [5.74, 6) is -1.42. The summed E-state index contributed by atoms with van der Waals surface area (Å²) in [6.07, 6.45) is 0.513. The predicted octanol–water partition coefficient (Wildman–Crippen LogP) is 9.08. The molecule has 4 atom stereocenters. The van der Waals surface area contributed by atoms with Crippen LogP contribution in [0.15, 0.2) is 133 Å². The van der Waals surface area contributed by atoms with Gasteiger partial charge in [0.1, 0.15) is 23.2 Å². The molecule has 58 heavy (non-hydrogen) atoms. The third-order valence-corrected chi connectivity index (χ3v) is 12.2. The number of ether oxygens (including phenoxy) is 2. The normalized spacial score (nSPS) is 16.6. The van der Waals surface area contributed by atoms with E-state index in [1.54, 1.807) is 30.3 Å². The first-order valence-electron chi connectivity index (χ1n) is 19.6. The van der Waals surface area contributed by atoms with Crippen molar-refractivity contribution < 1.29 is 28.2 Å². The zero-order chi connectivity index (χ0) is 41.3. The molecule has 1 saturated heterocycles. The van der Waals surface area contributed by atoms with Gasteiger partial charge in [-0.2, -0.15) is 0 Å². The molecule has 1 aliphatic rings. The number of aryl methyl sites for hydroxylation is 2. The summed E-state index contributed by atoms with van der Waals surface area (Å²) >= 11 is 7.91. The maximum absolute atomic E-state index is 14.1. The monoisotopic (exact) mass is 820 g/mol. The summed E-state index contributed by atoms with van der Waals surface area (Å²) in [5.41, 5.74) is 4.52. The number of alkyl halides is 1. The van der Waals surface area contributed by atoms with Crippen molar-refractivity contribution in [2.45, 2.75) is 80.7 Å². The topological polar surface area (TPSA) is 93.7 Å². The highest BCUT2D eigenvalue weighted by Gasteiger charge is 2.45. The van der Waals surface area contributed by atoms with E-state index >= 15 is 0 Å². The Hall–Kier alpha value is -4.96. The van der Waals surface area contributed by atoms with Gasteiger partial charge in [0.15, 0.2) is 5.78 Å². The number of ketones is 1. The maximum atomic E-state index is 14.1. The van der Waals surface area contributed by atoms with Crippen LogP contribution in [0.1, 0.15) is 72.3 Å². The molecule has 5 aromatic rings. The second-order valence-corrected chi connectivity index (χ2v) is 17.4. The van der Waals surface area contributed by atoms with E-state index in [0.717, 1.165) is 22.3 Å². The number of carbonyl (C=O) groups excluding carboxylic acids is 3. The van der Waals surface area contributed by atoms with Crippen LogP contribution in [0.4, 0.5) is 4.39 Å². The van der Waals surface area contributed by atoms with E-state index in [1.807, 2.05) is 50.7 Å². The molecule has 0 aliphatic carbocycles. The van der Waals surface area contributed by atoms with Gasteiger partial charge in [-0.3, -0.25) is 9.59 Å². The molecule has 7 nitrogen and oxygen atoms in total. The van der Waals surface area contributed by atoms with Gasteiger partial charge in [-0.15, -0.1) is 23.4 Å². The fourth-order valence-electron chi connectivity index (χ4n) is 7.30. The van der Waals surface area contributed by atoms with E-state index in [0.29, 0.717) is 37.1 Å². The van der Waals surface area contributed by atoms with Crippen LogP contribution < -0.4 is 15.4 Å². The average Bonchev–Trinajstić information content (AvgIpc) is 3.69. The molecule has 0 saturated carbocycles. The van der Waals surface area contributed by atoms with Gasteiger partial charge in [-0.25, -0.2) is 9.18 Å². The van der Waals surface area contributed by atoms with Gasteiger partial charge >= 0.3 is 5.97 Å². The van der Waals surface area contributed by atoms with Crippen LogP contribution in [-0.4, -0.2) is 59.1 Å². The van der Waals surface area contributed by atoms with Crippen LogP contribution >= 0.6 is 23.4 Å². The van der Waals surface area contributed by atoms with Crippen LogP contribution in [-0.2, 0) is 31.9 Å². The standard InChI is InChI=1S/C48H50ClFN2O5S/c1-32(53)43(30-49)52-45(54)41-28-39(27-24-34(41)23-20-33-21-25-38(50)26-22-33)56-44(46(55)57-47(2,3)4)42-29-40(31-51-42)58-48(35-14-8-5-9-15-35,36-16-10-6-11-17-36)37-18-12-7-13-19-37/h5-19,21-22,24-28,40,42-44,51H,20,23,29-31H2,1-4H3,(H,52,54)/t40?,42?,43-,44?/m1/s1. The van der Waals surface area contributed by atoms with Crippen LogP contribution in [0, 0.1) is 5.82 Å². The fourth-order valence-corrected chi connectivity index (χ4v) is 9.39. The van der Waals surface area contributed by atoms with Crippen LogP contribution in [0.25, 0.3) is 0 Å². The number of Topliss-reactive ketones (excluding diaryl/α,β-unsaturated/α-hetero) is 1. The van der Waals surface area contributed by atoms with Crippen LogP contribution in [0.2, 0.25) is 0 Å². The largest absolute Gasteiger partial charge is 0.477 e. The summed E-state index contributed by atoms with van der Waals surface area (Å²) in [4.78, 5) is 40.1. The molecule has 302 valence electrons. The minimum atomic E-state index is -1.06. The zero-order valence-corrected chi connectivity index (χ0v) is 34.8. The number of rotatable bonds is 16. The lowest BCUT2D eigenvalue weighted by Crippen LogP contribution is -2.47. The SMILES string of the molecule is CC(=O)[C@@H](CCl)NC(=O)c1cc(OC(C(=O)OC(C)(C)C)C2CC(SC(c3ccccc3)(c3ccccc3)c3ccccc3)CN2)ccc1CCc1ccc(F)cc1. The smallest absolute Gasteiger partial charge is 0.349 e. The summed E-state index contributed by atoms with van der Waals surface area (Å²) in [6, 6.07) is 41.5. The molecule has 5 aromatic carbocycles. The number of nitrogens with one attached hydrogen (secondary N) is 2. The first kappa shape index (κ1) is 42.6. The van der Waals surface area contributed by atoms with Crippen molar-refractivity contribution in [3.05, 3.63) is 173 Å². The van der Waals surface area contributed by atoms with Crippen molar-refractivity contribution in [1.82, 2.24) is 10.6 Å². The lowest BCUT2D eigenvalue weighted by atomic mass is 9.84. The van der Waals surface area contributed by atoms with Crippen molar-refractivity contribution in [3.63, 3.8) is 0 Å². The molecular weight excluding hydrogens is 771 g/mol. The molecule has 0 radical (unpaired) electrons. The highest BCUT2D eigenvalue weighted by molar-refractivity contribution is 8.01. The molecule has 0 aromatic heterocycles. The van der Waals surface area contributed by atoms with Gasteiger partial charge in [-0.05, 0) is 99.0 Å². The van der Waals surface area contributed by atoms with Gasteiger partial charge in [0.2, 0.25) is 6.10 Å². The lowest BCUT2D eigenvalue weighted by Gasteiger charge is -2.37. The molecule has 1 amide bonds. The second-order valence-electron chi connectivity index (χ2n) is 15.6. The van der Waals surface area contributed by atoms with E-state index in [1.165, 1.54) is 19.1 Å². The number of hydrogen-bond donors (Lipinski definition) is 2. The van der Waals surface area contributed by atoms with Crippen molar-refractivity contribution >= 4 is 41.0 Å². The Balaban J connectivity index is 1.32. The Kier molecular flexibility index (Phi) is 14.1. The number of halogens is 2. The Morgan fingerprint density at radius 3 is 1.91 bits per heavy atom. The molecule has 1 aliphatic heterocycles. The lowest BCUT2D eigenvalue weighted by molar-refractivity contribution is -0.164. The molecule has 0 spiro atoms. The van der Waals surface area contributed by atoms with Gasteiger partial charge in [-0.1, -0.05) is 109 Å². The van der Waals surface area contributed by atoms with E-state index in [9.17, 15) is 18.8 Å². The molecule has 1 heterocycles. The van der Waals surface area contributed by atoms with Crippen LogP contribution in [0.5, 0.6) is 5.75 Å². The first-order valence-corrected chi connectivity index (χ1v) is 21.0. The number of carbonyl (C=O) groups is 3. The van der Waals surface area contributed by atoms with E-state index in [2.05, 4.69) is 83.4 Å². The van der Waals surface area contributed by atoms with Crippen molar-refractivity contribution in [2.75, 3.05) is 12.4 Å². The van der Waals surface area contributed by atoms with E-state index < -0.39 is 40.4 Å². The molecule has 6 rings (SSSR count). The Morgan fingerprint density at radius 2 is 1.40 bits per heavy atom. The minimum absolute atomic E-state index is 0.0494. The molecule has 2 N–H and O–H groups in total. The van der Waals surface area contributed by atoms with Gasteiger partial charge in [0.25, 0.3) is 5.91 Å².